The number of piperidine rings is 1. The molecule has 1 fully saturated rings. The van der Waals surface area contributed by atoms with Gasteiger partial charge in [-0.05, 0) is 70.1 Å². The molecule has 2 aromatic rings. The molecule has 9 heteroatoms. The number of anilines is 2. The Labute approximate surface area is 181 Å². The van der Waals surface area contributed by atoms with E-state index in [2.05, 4.69) is 16.5 Å². The first-order valence-corrected chi connectivity index (χ1v) is 12.1. The highest BCUT2D eigenvalue weighted by atomic mass is 35.5. The minimum absolute atomic E-state index is 0.129. The second-order valence-corrected chi connectivity index (χ2v) is 12.3. The molecular weight excluding hydrogens is 441 g/mol. The zero-order chi connectivity index (χ0) is 19.6. The summed E-state index contributed by atoms with van der Waals surface area (Å²) in [6, 6.07) is 9.81. The third-order valence-electron chi connectivity index (χ3n) is 4.43. The number of nitrogens with zero attached hydrogens (tertiary/aromatic N) is 2. The molecule has 0 amide bonds. The zero-order valence-electron chi connectivity index (χ0n) is 15.5. The monoisotopic (exact) mass is 463 g/mol. The second-order valence-electron chi connectivity index (χ2n) is 6.88. The Hall–Kier alpha value is -0.440. The van der Waals surface area contributed by atoms with Gasteiger partial charge in [0.25, 0.3) is 0 Å². The molecule has 1 saturated heterocycles. The average Bonchev–Trinajstić information content (AvgIpc) is 3.09. The second kappa shape index (κ2) is 8.93. The SMILES string of the molecule is CN(C)S(=O)c1ccc(SNc2cccc(Cl)c2N2CCC(C)(Cl)CC2)s1. The highest BCUT2D eigenvalue weighted by Gasteiger charge is 2.29. The molecule has 0 aliphatic carbocycles. The van der Waals surface area contributed by atoms with Crippen LogP contribution in [0, 0.1) is 0 Å². The van der Waals surface area contributed by atoms with Crippen LogP contribution in [0.3, 0.4) is 0 Å². The van der Waals surface area contributed by atoms with E-state index in [0.717, 1.165) is 50.7 Å². The van der Waals surface area contributed by atoms with E-state index in [9.17, 15) is 4.21 Å². The fraction of sp³-hybridized carbons (Fsp3) is 0.444. The van der Waals surface area contributed by atoms with Gasteiger partial charge < -0.3 is 9.62 Å². The van der Waals surface area contributed by atoms with E-state index in [-0.39, 0.29) is 4.87 Å². The van der Waals surface area contributed by atoms with Crippen molar-refractivity contribution in [2.75, 3.05) is 36.8 Å². The predicted octanol–water partition coefficient (Wildman–Crippen LogP) is 5.70. The van der Waals surface area contributed by atoms with Crippen molar-refractivity contribution >= 4 is 68.8 Å². The molecule has 0 radical (unpaired) electrons. The van der Waals surface area contributed by atoms with Crippen LogP contribution in [0.4, 0.5) is 11.4 Å². The zero-order valence-corrected chi connectivity index (χ0v) is 19.5. The summed E-state index contributed by atoms with van der Waals surface area (Å²) in [5.74, 6) is 0. The van der Waals surface area contributed by atoms with E-state index >= 15 is 0 Å². The van der Waals surface area contributed by atoms with Crippen LogP contribution in [0.1, 0.15) is 19.8 Å². The molecule has 0 bridgehead atoms. The number of para-hydroxylation sites is 1. The Kier molecular flexibility index (Phi) is 7.03. The first-order valence-electron chi connectivity index (χ1n) is 8.61. The van der Waals surface area contributed by atoms with Crippen molar-refractivity contribution in [2.45, 2.75) is 33.1 Å². The molecule has 1 aromatic heterocycles. The van der Waals surface area contributed by atoms with E-state index in [1.54, 1.807) is 4.31 Å². The van der Waals surface area contributed by atoms with Gasteiger partial charge in [0.2, 0.25) is 0 Å². The third kappa shape index (κ3) is 5.34. The van der Waals surface area contributed by atoms with Gasteiger partial charge in [0.1, 0.15) is 15.2 Å². The van der Waals surface area contributed by atoms with Crippen molar-refractivity contribution < 1.29 is 4.21 Å². The number of hydrogen-bond donors (Lipinski definition) is 1. The molecule has 1 aliphatic heterocycles. The number of thiophene rings is 1. The Morgan fingerprint density at radius 1 is 1.26 bits per heavy atom. The van der Waals surface area contributed by atoms with Crippen molar-refractivity contribution in [3.8, 4) is 0 Å². The number of benzene rings is 1. The molecule has 1 aromatic carbocycles. The van der Waals surface area contributed by atoms with Crippen LogP contribution in [0.5, 0.6) is 0 Å². The number of nitrogens with one attached hydrogen (secondary N) is 1. The molecule has 4 nitrogen and oxygen atoms in total. The van der Waals surface area contributed by atoms with Crippen LogP contribution in [0.15, 0.2) is 38.8 Å². The maximum absolute atomic E-state index is 12.2. The fourth-order valence-corrected chi connectivity index (χ4v) is 6.56. The molecule has 0 spiro atoms. The normalized spacial score (nSPS) is 17.9. The quantitative estimate of drug-likeness (QED) is 0.439. The fourth-order valence-electron chi connectivity index (χ4n) is 2.85. The maximum Gasteiger partial charge on any atom is 0.137 e. The van der Waals surface area contributed by atoms with Crippen molar-refractivity contribution in [1.82, 2.24) is 4.31 Å². The summed E-state index contributed by atoms with van der Waals surface area (Å²) in [7, 11) is 2.51. The third-order valence-corrected chi connectivity index (χ3v) is 8.77. The van der Waals surface area contributed by atoms with Gasteiger partial charge in [-0.3, -0.25) is 0 Å². The van der Waals surface area contributed by atoms with Crippen LogP contribution in [0.25, 0.3) is 0 Å². The van der Waals surface area contributed by atoms with E-state index < -0.39 is 11.0 Å². The van der Waals surface area contributed by atoms with Crippen LogP contribution in [-0.2, 0) is 11.0 Å². The number of rotatable bonds is 6. The van der Waals surface area contributed by atoms with E-state index in [1.165, 1.54) is 23.3 Å². The summed E-state index contributed by atoms with van der Waals surface area (Å²) in [6.07, 6.45) is 1.86. The molecule has 1 N–H and O–H groups in total. The van der Waals surface area contributed by atoms with Crippen LogP contribution >= 0.6 is 46.5 Å². The summed E-state index contributed by atoms with van der Waals surface area (Å²) in [5, 5.41) is 0.736. The first-order chi connectivity index (χ1) is 12.8. The van der Waals surface area contributed by atoms with Gasteiger partial charge in [0, 0.05) is 18.0 Å². The predicted molar refractivity (Wildman–Crippen MR) is 121 cm³/mol. The van der Waals surface area contributed by atoms with Gasteiger partial charge in [-0.2, -0.15) is 0 Å². The van der Waals surface area contributed by atoms with Gasteiger partial charge in [-0.1, -0.05) is 17.7 Å². The maximum atomic E-state index is 12.2. The average molecular weight is 465 g/mol. The summed E-state index contributed by atoms with van der Waals surface area (Å²) in [6.45, 7) is 3.86. The molecule has 1 aliphatic rings. The Balaban J connectivity index is 1.73. The lowest BCUT2D eigenvalue weighted by Gasteiger charge is -2.37. The van der Waals surface area contributed by atoms with Gasteiger partial charge >= 0.3 is 0 Å². The van der Waals surface area contributed by atoms with E-state index in [1.807, 2.05) is 44.4 Å². The Bertz CT molecular complexity index is 816. The topological polar surface area (TPSA) is 35.6 Å². The van der Waals surface area contributed by atoms with Crippen molar-refractivity contribution in [3.05, 3.63) is 35.4 Å². The summed E-state index contributed by atoms with van der Waals surface area (Å²) in [4.78, 5) is 2.17. The molecular formula is C18H23Cl2N3OS3. The lowest BCUT2D eigenvalue weighted by molar-refractivity contribution is 0.471. The lowest BCUT2D eigenvalue weighted by Crippen LogP contribution is -2.39. The van der Waals surface area contributed by atoms with Crippen molar-refractivity contribution in [2.24, 2.45) is 0 Å². The molecule has 0 saturated carbocycles. The van der Waals surface area contributed by atoms with Crippen LogP contribution < -0.4 is 9.62 Å². The number of hydrogen-bond acceptors (Lipinski definition) is 5. The summed E-state index contributed by atoms with van der Waals surface area (Å²) >= 11 is 16.1. The molecule has 3 rings (SSSR count). The standard InChI is InChI=1S/C18H23Cl2N3OS3/c1-18(20)9-11-23(12-10-18)17-13(19)5-4-6-14(17)21-26-15-7-8-16(25-15)27(24)22(2)3/h4-8,21H,9-12H2,1-3H3. The van der Waals surface area contributed by atoms with Crippen LogP contribution in [-0.4, -0.2) is 40.6 Å². The van der Waals surface area contributed by atoms with Gasteiger partial charge in [0.05, 0.1) is 20.6 Å². The summed E-state index contributed by atoms with van der Waals surface area (Å²) < 4.78 is 19.2. The largest absolute Gasteiger partial charge is 0.369 e. The molecule has 1 atom stereocenters. The van der Waals surface area contributed by atoms with Crippen LogP contribution in [0.2, 0.25) is 5.02 Å². The molecule has 1 unspecified atom stereocenters. The summed E-state index contributed by atoms with van der Waals surface area (Å²) in [5.41, 5.74) is 2.00. The first kappa shape index (κ1) is 21.3. The highest BCUT2D eigenvalue weighted by molar-refractivity contribution is 8.02. The smallest absolute Gasteiger partial charge is 0.137 e. The highest BCUT2D eigenvalue weighted by Crippen LogP contribution is 2.40. The Morgan fingerprint density at radius 2 is 1.96 bits per heavy atom. The number of halogens is 2. The molecule has 27 heavy (non-hydrogen) atoms. The van der Waals surface area contributed by atoms with E-state index in [0.29, 0.717) is 0 Å². The lowest BCUT2D eigenvalue weighted by atomic mass is 9.97. The minimum Gasteiger partial charge on any atom is -0.369 e. The number of alkyl halides is 1. The van der Waals surface area contributed by atoms with Gasteiger partial charge in [-0.25, -0.2) is 8.51 Å². The minimum atomic E-state index is -1.11. The van der Waals surface area contributed by atoms with Gasteiger partial charge in [0.15, 0.2) is 0 Å². The van der Waals surface area contributed by atoms with Crippen molar-refractivity contribution in [1.29, 1.82) is 0 Å². The Morgan fingerprint density at radius 3 is 2.63 bits per heavy atom. The van der Waals surface area contributed by atoms with Gasteiger partial charge in [-0.15, -0.1) is 22.9 Å². The van der Waals surface area contributed by atoms with Crippen molar-refractivity contribution in [3.63, 3.8) is 0 Å². The molecule has 148 valence electrons. The van der Waals surface area contributed by atoms with E-state index in [4.69, 9.17) is 23.2 Å². The molecule has 2 heterocycles.